The normalized spacial score (nSPS) is 11.8. The molecule has 0 saturated heterocycles. The third kappa shape index (κ3) is 8.25. The van der Waals surface area contributed by atoms with Gasteiger partial charge in [-0.05, 0) is 12.8 Å². The first-order chi connectivity index (χ1) is 6.12. The van der Waals surface area contributed by atoms with Gasteiger partial charge in [0.1, 0.15) is 0 Å². The molecular formula is C9H19O3S. The Balaban J connectivity index is 3.41. The molecule has 0 N–H and O–H groups in total. The van der Waals surface area contributed by atoms with Gasteiger partial charge in [-0.15, -0.1) is 0 Å². The second-order valence-electron chi connectivity index (χ2n) is 3.00. The summed E-state index contributed by atoms with van der Waals surface area (Å²) in [6, 6.07) is 0. The number of rotatable bonds is 8. The molecular weight excluding hydrogens is 188 g/mol. The quantitative estimate of drug-likeness (QED) is 0.452. The minimum atomic E-state index is -3.23. The van der Waals surface area contributed by atoms with Gasteiger partial charge in [0.25, 0.3) is 10.1 Å². The van der Waals surface area contributed by atoms with Crippen molar-refractivity contribution in [2.45, 2.75) is 39.0 Å². The lowest BCUT2D eigenvalue weighted by Gasteiger charge is -2.03. The summed E-state index contributed by atoms with van der Waals surface area (Å²) in [4.78, 5) is 0. The Morgan fingerprint density at radius 2 is 1.92 bits per heavy atom. The van der Waals surface area contributed by atoms with Crippen molar-refractivity contribution in [2.24, 2.45) is 0 Å². The topological polar surface area (TPSA) is 43.4 Å². The Bertz CT molecular complexity index is 197. The van der Waals surface area contributed by atoms with Crippen LogP contribution in [0.1, 0.15) is 39.0 Å². The van der Waals surface area contributed by atoms with Crippen LogP contribution in [0.15, 0.2) is 0 Å². The van der Waals surface area contributed by atoms with E-state index in [9.17, 15) is 8.42 Å². The summed E-state index contributed by atoms with van der Waals surface area (Å²) in [7, 11) is -3.23. The van der Waals surface area contributed by atoms with E-state index in [-0.39, 0.29) is 5.75 Å². The Kier molecular flexibility index (Phi) is 7.28. The van der Waals surface area contributed by atoms with Gasteiger partial charge in [-0.3, -0.25) is 4.18 Å². The molecule has 79 valence electrons. The van der Waals surface area contributed by atoms with Crippen LogP contribution in [0.25, 0.3) is 0 Å². The summed E-state index contributed by atoms with van der Waals surface area (Å²) in [5.41, 5.74) is 0. The van der Waals surface area contributed by atoms with Crippen molar-refractivity contribution in [2.75, 3.05) is 12.4 Å². The molecule has 0 fully saturated rings. The predicted octanol–water partition coefficient (Wildman–Crippen LogP) is 2.14. The molecule has 0 saturated carbocycles. The van der Waals surface area contributed by atoms with Crippen LogP contribution in [0.4, 0.5) is 0 Å². The molecule has 0 aliphatic carbocycles. The first-order valence-electron chi connectivity index (χ1n) is 4.78. The molecule has 0 bridgehead atoms. The maximum absolute atomic E-state index is 11.0. The summed E-state index contributed by atoms with van der Waals surface area (Å²) in [6.07, 6.45) is 4.35. The van der Waals surface area contributed by atoms with Crippen molar-refractivity contribution < 1.29 is 12.6 Å². The molecule has 3 nitrogen and oxygen atoms in total. The number of hydrogen-bond donors (Lipinski definition) is 0. The summed E-state index contributed by atoms with van der Waals surface area (Å²) in [6.45, 7) is 5.85. The third-order valence-corrected chi connectivity index (χ3v) is 3.05. The Morgan fingerprint density at radius 1 is 1.23 bits per heavy atom. The zero-order chi connectivity index (χ0) is 10.2. The fourth-order valence-electron chi connectivity index (χ4n) is 0.950. The molecule has 0 rings (SSSR count). The molecule has 0 amide bonds. The standard InChI is InChI=1S/C9H19O3S/c1-3-5-6-7-8-12-13(10,11)9-4-2/h1,3-9H2,2H3. The van der Waals surface area contributed by atoms with Crippen molar-refractivity contribution in [3.63, 3.8) is 0 Å². The van der Waals surface area contributed by atoms with Gasteiger partial charge in [0.15, 0.2) is 0 Å². The monoisotopic (exact) mass is 207 g/mol. The second kappa shape index (κ2) is 7.33. The molecule has 0 aromatic carbocycles. The lowest BCUT2D eigenvalue weighted by atomic mass is 10.2. The zero-order valence-corrected chi connectivity index (χ0v) is 9.11. The van der Waals surface area contributed by atoms with E-state index in [1.807, 2.05) is 6.92 Å². The van der Waals surface area contributed by atoms with E-state index >= 15 is 0 Å². The lowest BCUT2D eigenvalue weighted by Crippen LogP contribution is -2.10. The third-order valence-electron chi connectivity index (χ3n) is 1.61. The van der Waals surface area contributed by atoms with Gasteiger partial charge >= 0.3 is 0 Å². The summed E-state index contributed by atoms with van der Waals surface area (Å²) >= 11 is 0. The summed E-state index contributed by atoms with van der Waals surface area (Å²) < 4.78 is 26.8. The van der Waals surface area contributed by atoms with Gasteiger partial charge in [-0.2, -0.15) is 8.42 Å². The van der Waals surface area contributed by atoms with Crippen molar-refractivity contribution in [1.82, 2.24) is 0 Å². The predicted molar refractivity (Wildman–Crippen MR) is 53.9 cm³/mol. The highest BCUT2D eigenvalue weighted by Crippen LogP contribution is 2.02. The van der Waals surface area contributed by atoms with Crippen LogP contribution in [0.2, 0.25) is 0 Å². The van der Waals surface area contributed by atoms with E-state index in [2.05, 4.69) is 6.92 Å². The largest absolute Gasteiger partial charge is 0.270 e. The van der Waals surface area contributed by atoms with E-state index in [0.717, 1.165) is 25.7 Å². The van der Waals surface area contributed by atoms with Crippen LogP contribution in [0.3, 0.4) is 0 Å². The number of unbranched alkanes of at least 4 members (excludes halogenated alkanes) is 3. The first kappa shape index (κ1) is 12.9. The smallest absolute Gasteiger partial charge is 0.267 e. The minimum absolute atomic E-state index is 0.127. The number of hydrogen-bond acceptors (Lipinski definition) is 3. The lowest BCUT2D eigenvalue weighted by molar-refractivity contribution is 0.307. The van der Waals surface area contributed by atoms with Gasteiger partial charge in [-0.25, -0.2) is 0 Å². The average Bonchev–Trinajstić information content (AvgIpc) is 2.04. The van der Waals surface area contributed by atoms with Crippen LogP contribution in [-0.2, 0) is 14.3 Å². The van der Waals surface area contributed by atoms with Crippen LogP contribution in [0, 0.1) is 6.92 Å². The van der Waals surface area contributed by atoms with Gasteiger partial charge in [0.05, 0.1) is 12.4 Å². The second-order valence-corrected chi connectivity index (χ2v) is 4.76. The van der Waals surface area contributed by atoms with Gasteiger partial charge in [0, 0.05) is 0 Å². The van der Waals surface area contributed by atoms with Gasteiger partial charge in [-0.1, -0.05) is 33.1 Å². The minimum Gasteiger partial charge on any atom is -0.270 e. The van der Waals surface area contributed by atoms with Crippen LogP contribution in [-0.4, -0.2) is 20.8 Å². The molecule has 4 heteroatoms. The molecule has 1 radical (unpaired) electrons. The van der Waals surface area contributed by atoms with E-state index in [4.69, 9.17) is 4.18 Å². The highest BCUT2D eigenvalue weighted by molar-refractivity contribution is 7.86. The van der Waals surface area contributed by atoms with Crippen molar-refractivity contribution in [3.8, 4) is 0 Å². The first-order valence-corrected chi connectivity index (χ1v) is 6.36. The molecule has 0 unspecified atom stereocenters. The summed E-state index contributed by atoms with van der Waals surface area (Å²) in [5.74, 6) is 0.127. The Morgan fingerprint density at radius 3 is 2.46 bits per heavy atom. The molecule has 0 aliphatic heterocycles. The molecule has 13 heavy (non-hydrogen) atoms. The van der Waals surface area contributed by atoms with Gasteiger partial charge < -0.3 is 0 Å². The average molecular weight is 207 g/mol. The van der Waals surface area contributed by atoms with Crippen molar-refractivity contribution in [3.05, 3.63) is 6.92 Å². The van der Waals surface area contributed by atoms with Crippen LogP contribution in [0.5, 0.6) is 0 Å². The van der Waals surface area contributed by atoms with E-state index in [1.165, 1.54) is 0 Å². The summed E-state index contributed by atoms with van der Waals surface area (Å²) in [5, 5.41) is 0. The Labute approximate surface area is 81.6 Å². The Hall–Kier alpha value is -0.0900. The van der Waals surface area contributed by atoms with Crippen molar-refractivity contribution >= 4 is 10.1 Å². The molecule has 0 spiro atoms. The highest BCUT2D eigenvalue weighted by Gasteiger charge is 2.07. The fourth-order valence-corrected chi connectivity index (χ4v) is 1.94. The fraction of sp³-hybridized carbons (Fsp3) is 0.889. The van der Waals surface area contributed by atoms with E-state index < -0.39 is 10.1 Å². The van der Waals surface area contributed by atoms with Gasteiger partial charge in [0.2, 0.25) is 0 Å². The molecule has 0 aliphatic rings. The molecule has 0 heterocycles. The van der Waals surface area contributed by atoms with Crippen molar-refractivity contribution in [1.29, 1.82) is 0 Å². The van der Waals surface area contributed by atoms with E-state index in [1.54, 1.807) is 0 Å². The maximum Gasteiger partial charge on any atom is 0.267 e. The molecule has 0 atom stereocenters. The highest BCUT2D eigenvalue weighted by atomic mass is 32.2. The molecule has 0 aromatic rings. The maximum atomic E-state index is 11.0. The zero-order valence-electron chi connectivity index (χ0n) is 8.29. The van der Waals surface area contributed by atoms with Crippen LogP contribution < -0.4 is 0 Å². The SMILES string of the molecule is [CH2]CCCCCOS(=O)(=O)CCC. The van der Waals surface area contributed by atoms with Crippen LogP contribution >= 0.6 is 0 Å². The van der Waals surface area contributed by atoms with E-state index in [0.29, 0.717) is 13.0 Å². The molecule has 0 aromatic heterocycles.